The summed E-state index contributed by atoms with van der Waals surface area (Å²) in [5.74, 6) is -1.94. The molecule has 116 valence electrons. The zero-order chi connectivity index (χ0) is 15.3. The van der Waals surface area contributed by atoms with Crippen LogP contribution in [0.5, 0.6) is 0 Å². The Balaban J connectivity index is 1.87. The quantitative estimate of drug-likeness (QED) is 0.878. The molecule has 0 saturated heterocycles. The molecule has 0 heterocycles. The van der Waals surface area contributed by atoms with Gasteiger partial charge in [0, 0.05) is 6.42 Å². The lowest BCUT2D eigenvalue weighted by Gasteiger charge is -2.36. The third-order valence-corrected chi connectivity index (χ3v) is 4.14. The molecule has 1 aliphatic carbocycles. The number of rotatable bonds is 5. The smallest absolute Gasteiger partial charge is 0.220 e. The lowest BCUT2D eigenvalue weighted by Crippen LogP contribution is -2.52. The molecule has 0 bridgehead atoms. The first kappa shape index (κ1) is 15.9. The molecule has 21 heavy (non-hydrogen) atoms. The SMILES string of the molecule is O=C(CCc1ccc(F)c(F)c1)NC1(CO)CCCCC1. The second-order valence-corrected chi connectivity index (χ2v) is 5.80. The molecule has 0 atom stereocenters. The molecule has 2 rings (SSSR count). The van der Waals surface area contributed by atoms with Gasteiger partial charge in [-0.25, -0.2) is 8.78 Å². The number of amides is 1. The number of benzene rings is 1. The number of aryl methyl sites for hydroxylation is 1. The van der Waals surface area contributed by atoms with Gasteiger partial charge in [-0.15, -0.1) is 0 Å². The lowest BCUT2D eigenvalue weighted by molar-refractivity contribution is -0.124. The van der Waals surface area contributed by atoms with Crippen LogP contribution in [0.3, 0.4) is 0 Å². The Morgan fingerprint density at radius 1 is 1.19 bits per heavy atom. The third-order valence-electron chi connectivity index (χ3n) is 4.14. The highest BCUT2D eigenvalue weighted by Gasteiger charge is 2.32. The molecule has 0 aliphatic heterocycles. The fourth-order valence-electron chi connectivity index (χ4n) is 2.86. The Morgan fingerprint density at radius 3 is 2.52 bits per heavy atom. The molecule has 0 spiro atoms. The van der Waals surface area contributed by atoms with Crippen LogP contribution in [0.4, 0.5) is 8.78 Å². The van der Waals surface area contributed by atoms with E-state index in [9.17, 15) is 18.7 Å². The predicted molar refractivity (Wildman–Crippen MR) is 75.7 cm³/mol. The summed E-state index contributed by atoms with van der Waals surface area (Å²) in [6, 6.07) is 3.66. The van der Waals surface area contributed by atoms with E-state index in [0.29, 0.717) is 12.0 Å². The molecule has 1 aliphatic rings. The van der Waals surface area contributed by atoms with E-state index in [-0.39, 0.29) is 18.9 Å². The van der Waals surface area contributed by atoms with Crippen molar-refractivity contribution in [1.82, 2.24) is 5.32 Å². The molecule has 1 aromatic carbocycles. The first-order chi connectivity index (χ1) is 10.0. The first-order valence-electron chi connectivity index (χ1n) is 7.40. The van der Waals surface area contributed by atoms with Gasteiger partial charge in [0.15, 0.2) is 11.6 Å². The zero-order valence-electron chi connectivity index (χ0n) is 12.0. The zero-order valence-corrected chi connectivity index (χ0v) is 12.0. The molecular formula is C16H21F2NO2. The summed E-state index contributed by atoms with van der Waals surface area (Å²) in [4.78, 5) is 12.0. The van der Waals surface area contributed by atoms with Crippen molar-refractivity contribution in [2.24, 2.45) is 0 Å². The van der Waals surface area contributed by atoms with Gasteiger partial charge in [-0.2, -0.15) is 0 Å². The largest absolute Gasteiger partial charge is 0.394 e. The minimum atomic E-state index is -0.896. The molecular weight excluding hydrogens is 276 g/mol. The monoisotopic (exact) mass is 297 g/mol. The number of carbonyl (C=O) groups is 1. The van der Waals surface area contributed by atoms with E-state index in [2.05, 4.69) is 5.32 Å². The summed E-state index contributed by atoms with van der Waals surface area (Å²) < 4.78 is 25.9. The number of aliphatic hydroxyl groups is 1. The summed E-state index contributed by atoms with van der Waals surface area (Å²) in [7, 11) is 0. The van der Waals surface area contributed by atoms with Crippen LogP contribution < -0.4 is 5.32 Å². The molecule has 2 N–H and O–H groups in total. The molecule has 0 radical (unpaired) electrons. The van der Waals surface area contributed by atoms with Crippen LogP contribution in [0.15, 0.2) is 18.2 Å². The Bertz CT molecular complexity index is 499. The van der Waals surface area contributed by atoms with Gasteiger partial charge in [-0.1, -0.05) is 25.3 Å². The van der Waals surface area contributed by atoms with Gasteiger partial charge < -0.3 is 10.4 Å². The Morgan fingerprint density at radius 2 is 1.90 bits per heavy atom. The van der Waals surface area contributed by atoms with Crippen LogP contribution in [-0.2, 0) is 11.2 Å². The molecule has 0 unspecified atom stereocenters. The van der Waals surface area contributed by atoms with Crippen molar-refractivity contribution in [3.05, 3.63) is 35.4 Å². The van der Waals surface area contributed by atoms with E-state index in [1.807, 2.05) is 0 Å². The van der Waals surface area contributed by atoms with Crippen LogP contribution in [0.2, 0.25) is 0 Å². The second kappa shape index (κ2) is 6.98. The van der Waals surface area contributed by atoms with E-state index in [4.69, 9.17) is 0 Å². The molecule has 3 nitrogen and oxygen atoms in total. The van der Waals surface area contributed by atoms with E-state index >= 15 is 0 Å². The van der Waals surface area contributed by atoms with E-state index in [1.54, 1.807) is 0 Å². The maximum absolute atomic E-state index is 13.1. The van der Waals surface area contributed by atoms with Gasteiger partial charge >= 0.3 is 0 Å². The average Bonchev–Trinajstić information content (AvgIpc) is 2.49. The minimum absolute atomic E-state index is 0.0517. The number of halogens is 2. The van der Waals surface area contributed by atoms with E-state index in [0.717, 1.165) is 44.2 Å². The van der Waals surface area contributed by atoms with Gasteiger partial charge in [-0.05, 0) is 37.0 Å². The van der Waals surface area contributed by atoms with Crippen molar-refractivity contribution in [3.63, 3.8) is 0 Å². The summed E-state index contributed by atoms with van der Waals surface area (Å²) in [5.41, 5.74) is 0.0920. The summed E-state index contributed by atoms with van der Waals surface area (Å²) in [5, 5.41) is 12.5. The number of carbonyl (C=O) groups excluding carboxylic acids is 1. The summed E-state index contributed by atoms with van der Waals surface area (Å²) in [6.07, 6.45) is 5.28. The van der Waals surface area contributed by atoms with Gasteiger partial charge in [0.25, 0.3) is 0 Å². The van der Waals surface area contributed by atoms with E-state index in [1.165, 1.54) is 6.07 Å². The first-order valence-corrected chi connectivity index (χ1v) is 7.40. The summed E-state index contributed by atoms with van der Waals surface area (Å²) in [6.45, 7) is -0.0517. The lowest BCUT2D eigenvalue weighted by atomic mass is 9.82. The van der Waals surface area contributed by atoms with Crippen LogP contribution in [0.25, 0.3) is 0 Å². The highest BCUT2D eigenvalue weighted by Crippen LogP contribution is 2.27. The molecule has 1 amide bonds. The van der Waals surface area contributed by atoms with Crippen molar-refractivity contribution in [2.45, 2.75) is 50.5 Å². The molecule has 1 aromatic rings. The Kier molecular flexibility index (Phi) is 5.28. The van der Waals surface area contributed by atoms with Gasteiger partial charge in [-0.3, -0.25) is 4.79 Å². The number of hydrogen-bond acceptors (Lipinski definition) is 2. The van der Waals surface area contributed by atoms with Crippen LogP contribution in [0.1, 0.15) is 44.1 Å². The van der Waals surface area contributed by atoms with Crippen LogP contribution in [-0.4, -0.2) is 23.2 Å². The van der Waals surface area contributed by atoms with Crippen LogP contribution >= 0.6 is 0 Å². The van der Waals surface area contributed by atoms with E-state index < -0.39 is 17.2 Å². The predicted octanol–water partition coefficient (Wildman–Crippen LogP) is 2.71. The third kappa shape index (κ3) is 4.24. The van der Waals surface area contributed by atoms with Crippen molar-refractivity contribution >= 4 is 5.91 Å². The molecule has 1 saturated carbocycles. The highest BCUT2D eigenvalue weighted by atomic mass is 19.2. The Labute approximate surface area is 123 Å². The maximum Gasteiger partial charge on any atom is 0.220 e. The molecule has 5 heteroatoms. The number of aliphatic hydroxyl groups excluding tert-OH is 1. The van der Waals surface area contributed by atoms with Crippen molar-refractivity contribution < 1.29 is 18.7 Å². The minimum Gasteiger partial charge on any atom is -0.394 e. The van der Waals surface area contributed by atoms with Gasteiger partial charge in [0.1, 0.15) is 0 Å². The van der Waals surface area contributed by atoms with Crippen molar-refractivity contribution in [2.75, 3.05) is 6.61 Å². The summed E-state index contributed by atoms with van der Waals surface area (Å²) >= 11 is 0. The normalized spacial score (nSPS) is 17.5. The van der Waals surface area contributed by atoms with Gasteiger partial charge in [0.05, 0.1) is 12.1 Å². The molecule has 1 fully saturated rings. The fourth-order valence-corrected chi connectivity index (χ4v) is 2.86. The van der Waals surface area contributed by atoms with Gasteiger partial charge in [0.2, 0.25) is 5.91 Å². The maximum atomic E-state index is 13.1. The van der Waals surface area contributed by atoms with Crippen molar-refractivity contribution in [1.29, 1.82) is 0 Å². The number of hydrogen-bond donors (Lipinski definition) is 2. The highest BCUT2D eigenvalue weighted by molar-refractivity contribution is 5.77. The van der Waals surface area contributed by atoms with Crippen molar-refractivity contribution in [3.8, 4) is 0 Å². The topological polar surface area (TPSA) is 49.3 Å². The fraction of sp³-hybridized carbons (Fsp3) is 0.562. The second-order valence-electron chi connectivity index (χ2n) is 5.80. The average molecular weight is 297 g/mol. The Hall–Kier alpha value is -1.49. The molecule has 0 aromatic heterocycles. The number of nitrogens with one attached hydrogen (secondary N) is 1. The standard InChI is InChI=1S/C16H21F2NO2/c17-13-6-4-12(10-14(13)18)5-7-15(21)19-16(11-20)8-2-1-3-9-16/h4,6,10,20H,1-3,5,7-9,11H2,(H,19,21). The van der Waals surface area contributed by atoms with Crippen LogP contribution in [0, 0.1) is 11.6 Å².